The van der Waals surface area contributed by atoms with Crippen molar-refractivity contribution in [2.45, 2.75) is 31.7 Å². The molecule has 2 aliphatic heterocycles. The van der Waals surface area contributed by atoms with Crippen LogP contribution in [0.25, 0.3) is 11.1 Å². The van der Waals surface area contributed by atoms with Gasteiger partial charge < -0.3 is 14.2 Å². The van der Waals surface area contributed by atoms with Gasteiger partial charge in [-0.3, -0.25) is 0 Å². The average molecular weight is 498 g/mol. The summed E-state index contributed by atoms with van der Waals surface area (Å²) >= 11 is 0. The number of alkyl halides is 2. The van der Waals surface area contributed by atoms with Gasteiger partial charge in [0.1, 0.15) is 35.2 Å². The zero-order chi connectivity index (χ0) is 25.1. The molecule has 0 radical (unpaired) electrons. The third-order valence-corrected chi connectivity index (χ3v) is 5.85. The molecule has 5 rings (SSSR count). The molecule has 2 aliphatic rings. The van der Waals surface area contributed by atoms with Gasteiger partial charge in [-0.05, 0) is 46.4 Å². The van der Waals surface area contributed by atoms with Crippen LogP contribution in [0.1, 0.15) is 41.4 Å². The summed E-state index contributed by atoms with van der Waals surface area (Å²) in [6.07, 6.45) is -4.57. The van der Waals surface area contributed by atoms with Crippen molar-refractivity contribution in [3.8, 4) is 16.9 Å². The summed E-state index contributed by atoms with van der Waals surface area (Å²) in [6, 6.07) is 5.46. The third-order valence-electron chi connectivity index (χ3n) is 5.85. The van der Waals surface area contributed by atoms with E-state index in [-0.39, 0.29) is 29.9 Å². The maximum atomic E-state index is 15.0. The Morgan fingerprint density at radius 3 is 1.71 bits per heavy atom. The standard InChI is InChI=1S/C25H17F7O3/c1-2-11-3-14(20-9-33-20)22(15(4-11)21-10-34-21)12-5-16(26)23(17(27)6-12)25(31,32)35-13-7-18(28)24(30)19(29)8-13/h3-8,20-21H,2,9-10H2,1H3. The predicted octanol–water partition coefficient (Wildman–Crippen LogP) is 6.88. The summed E-state index contributed by atoms with van der Waals surface area (Å²) in [7, 11) is 0. The lowest BCUT2D eigenvalue weighted by atomic mass is 9.88. The summed E-state index contributed by atoms with van der Waals surface area (Å²) in [5.41, 5.74) is 0.968. The minimum absolute atomic E-state index is 0.00271. The van der Waals surface area contributed by atoms with Crippen molar-refractivity contribution in [3.63, 3.8) is 0 Å². The molecule has 2 saturated heterocycles. The van der Waals surface area contributed by atoms with Crippen molar-refractivity contribution in [1.29, 1.82) is 0 Å². The Balaban J connectivity index is 1.57. The molecule has 3 aromatic rings. The van der Waals surface area contributed by atoms with Crippen LogP contribution in [-0.4, -0.2) is 13.2 Å². The van der Waals surface area contributed by atoms with E-state index in [0.29, 0.717) is 36.3 Å². The molecular formula is C25H17F7O3. The molecule has 2 fully saturated rings. The predicted molar refractivity (Wildman–Crippen MR) is 109 cm³/mol. The van der Waals surface area contributed by atoms with Crippen molar-refractivity contribution >= 4 is 0 Å². The van der Waals surface area contributed by atoms with Crippen molar-refractivity contribution in [2.75, 3.05) is 13.2 Å². The van der Waals surface area contributed by atoms with E-state index in [1.807, 2.05) is 19.1 Å². The largest absolute Gasteiger partial charge is 0.432 e. The third kappa shape index (κ3) is 4.48. The second kappa shape index (κ2) is 8.53. The highest BCUT2D eigenvalue weighted by atomic mass is 19.3. The van der Waals surface area contributed by atoms with Crippen LogP contribution >= 0.6 is 0 Å². The molecule has 10 heteroatoms. The van der Waals surface area contributed by atoms with Gasteiger partial charge in [0.25, 0.3) is 0 Å². The molecule has 184 valence electrons. The maximum absolute atomic E-state index is 15.0. The number of benzene rings is 3. The van der Waals surface area contributed by atoms with Crippen molar-refractivity contribution in [1.82, 2.24) is 0 Å². The van der Waals surface area contributed by atoms with E-state index in [4.69, 9.17) is 9.47 Å². The van der Waals surface area contributed by atoms with E-state index in [1.165, 1.54) is 0 Å². The highest BCUT2D eigenvalue weighted by Crippen LogP contribution is 2.46. The van der Waals surface area contributed by atoms with Gasteiger partial charge in [-0.1, -0.05) is 19.1 Å². The van der Waals surface area contributed by atoms with Crippen molar-refractivity contribution in [3.05, 3.63) is 87.7 Å². The van der Waals surface area contributed by atoms with Gasteiger partial charge in [-0.15, -0.1) is 0 Å². The van der Waals surface area contributed by atoms with E-state index in [9.17, 15) is 30.7 Å². The summed E-state index contributed by atoms with van der Waals surface area (Å²) in [6.45, 7) is 2.76. The zero-order valence-electron chi connectivity index (χ0n) is 18.1. The second-order valence-corrected chi connectivity index (χ2v) is 8.28. The van der Waals surface area contributed by atoms with E-state index in [1.54, 1.807) is 0 Å². The fourth-order valence-electron chi connectivity index (χ4n) is 4.04. The number of aryl methyl sites for hydroxylation is 1. The van der Waals surface area contributed by atoms with Crippen LogP contribution in [-0.2, 0) is 22.0 Å². The SMILES string of the molecule is CCc1cc(C2CO2)c(-c2cc(F)c(C(F)(F)Oc3cc(F)c(F)c(F)c3)c(F)c2)c(C2CO2)c1. The summed E-state index contributed by atoms with van der Waals surface area (Å²) in [5.74, 6) is -9.93. The Labute approximate surface area is 195 Å². The first-order chi connectivity index (χ1) is 16.6. The summed E-state index contributed by atoms with van der Waals surface area (Å²) in [4.78, 5) is 0. The number of epoxide rings is 2. The molecule has 0 aliphatic carbocycles. The molecule has 3 nitrogen and oxygen atoms in total. The molecule has 3 aromatic carbocycles. The first-order valence-corrected chi connectivity index (χ1v) is 10.7. The second-order valence-electron chi connectivity index (χ2n) is 8.28. The molecule has 0 saturated carbocycles. The Hall–Kier alpha value is -3.11. The van der Waals surface area contributed by atoms with Crippen molar-refractivity contribution in [2.24, 2.45) is 0 Å². The highest BCUT2D eigenvalue weighted by Gasteiger charge is 2.42. The number of hydrogen-bond donors (Lipinski definition) is 0. The minimum atomic E-state index is -4.67. The number of rotatable bonds is 7. The van der Waals surface area contributed by atoms with Gasteiger partial charge in [0.2, 0.25) is 0 Å². The molecule has 0 aromatic heterocycles. The topological polar surface area (TPSA) is 34.3 Å². The Morgan fingerprint density at radius 1 is 0.800 bits per heavy atom. The van der Waals surface area contributed by atoms with Gasteiger partial charge in [-0.2, -0.15) is 8.78 Å². The molecule has 0 spiro atoms. The van der Waals surface area contributed by atoms with Crippen LogP contribution < -0.4 is 4.74 Å². The van der Waals surface area contributed by atoms with Crippen LogP contribution in [0.5, 0.6) is 5.75 Å². The molecule has 2 unspecified atom stereocenters. The molecule has 0 amide bonds. The van der Waals surface area contributed by atoms with Crippen LogP contribution in [0.4, 0.5) is 30.7 Å². The lowest BCUT2D eigenvalue weighted by Gasteiger charge is -2.21. The van der Waals surface area contributed by atoms with E-state index >= 15 is 0 Å². The molecule has 0 bridgehead atoms. The Bertz CT molecular complexity index is 1240. The minimum Gasteiger partial charge on any atom is -0.429 e. The van der Waals surface area contributed by atoms with Gasteiger partial charge in [-0.25, -0.2) is 22.0 Å². The molecular weight excluding hydrogens is 481 g/mol. The monoisotopic (exact) mass is 498 g/mol. The van der Waals surface area contributed by atoms with Crippen LogP contribution in [0.2, 0.25) is 0 Å². The Morgan fingerprint density at radius 2 is 1.29 bits per heavy atom. The van der Waals surface area contributed by atoms with E-state index in [0.717, 1.165) is 17.7 Å². The first-order valence-electron chi connectivity index (χ1n) is 10.7. The first kappa shape index (κ1) is 23.6. The fourth-order valence-corrected chi connectivity index (χ4v) is 4.04. The normalized spacial score (nSPS) is 19.1. The van der Waals surface area contributed by atoms with Gasteiger partial charge in [0, 0.05) is 12.1 Å². The quantitative estimate of drug-likeness (QED) is 0.202. The fraction of sp³-hybridized carbons (Fsp3) is 0.280. The van der Waals surface area contributed by atoms with Crippen LogP contribution in [0, 0.1) is 29.1 Å². The molecule has 2 atom stereocenters. The van der Waals surface area contributed by atoms with Gasteiger partial charge >= 0.3 is 6.11 Å². The van der Waals surface area contributed by atoms with Gasteiger partial charge in [0.15, 0.2) is 17.5 Å². The van der Waals surface area contributed by atoms with Crippen molar-refractivity contribution < 1.29 is 44.9 Å². The number of ether oxygens (including phenoxy) is 3. The highest BCUT2D eigenvalue weighted by molar-refractivity contribution is 5.74. The van der Waals surface area contributed by atoms with Crippen LogP contribution in [0.15, 0.2) is 36.4 Å². The lowest BCUT2D eigenvalue weighted by molar-refractivity contribution is -0.189. The zero-order valence-corrected chi connectivity index (χ0v) is 18.1. The van der Waals surface area contributed by atoms with E-state index < -0.39 is 46.5 Å². The molecule has 2 heterocycles. The smallest absolute Gasteiger partial charge is 0.429 e. The number of halogens is 7. The molecule has 0 N–H and O–H groups in total. The number of hydrogen-bond acceptors (Lipinski definition) is 3. The van der Waals surface area contributed by atoms with Crippen LogP contribution in [0.3, 0.4) is 0 Å². The van der Waals surface area contributed by atoms with Gasteiger partial charge in [0.05, 0.1) is 13.2 Å². The summed E-state index contributed by atoms with van der Waals surface area (Å²) < 4.78 is 114. The lowest BCUT2D eigenvalue weighted by Crippen LogP contribution is -2.25. The summed E-state index contributed by atoms with van der Waals surface area (Å²) in [5, 5.41) is 0. The maximum Gasteiger partial charge on any atom is 0.432 e. The average Bonchev–Trinajstić information content (AvgIpc) is 3.68. The van der Waals surface area contributed by atoms with E-state index in [2.05, 4.69) is 4.74 Å². The molecule has 35 heavy (non-hydrogen) atoms. The Kier molecular flexibility index (Phi) is 5.76.